The normalized spacial score (nSPS) is 33.4. The molecule has 3 rings (SSSR count). The zero-order valence-electron chi connectivity index (χ0n) is 12.0. The Labute approximate surface area is 122 Å². The molecule has 1 aliphatic carbocycles. The summed E-state index contributed by atoms with van der Waals surface area (Å²) >= 11 is 0. The largest absolute Gasteiger partial charge is 0.508 e. The van der Waals surface area contributed by atoms with E-state index in [1.165, 1.54) is 30.5 Å². The second-order valence-electron chi connectivity index (χ2n) is 6.28. The van der Waals surface area contributed by atoms with Crippen molar-refractivity contribution < 1.29 is 5.11 Å². The van der Waals surface area contributed by atoms with Crippen LogP contribution in [0.15, 0.2) is 18.2 Å². The van der Waals surface area contributed by atoms with Crippen LogP contribution in [-0.4, -0.2) is 29.6 Å². The number of benzene rings is 1. The van der Waals surface area contributed by atoms with Crippen molar-refractivity contribution in [1.82, 2.24) is 4.90 Å². The number of rotatable bonds is 1. The highest BCUT2D eigenvalue weighted by molar-refractivity contribution is 5.85. The van der Waals surface area contributed by atoms with Gasteiger partial charge in [-0.25, -0.2) is 0 Å². The maximum absolute atomic E-state index is 9.80. The molecular formula is C16H24ClNO. The summed E-state index contributed by atoms with van der Waals surface area (Å²) in [4.78, 5) is 2.53. The average Bonchev–Trinajstić information content (AvgIpc) is 2.35. The van der Waals surface area contributed by atoms with Crippen LogP contribution in [0.2, 0.25) is 0 Å². The minimum atomic E-state index is 0. The summed E-state index contributed by atoms with van der Waals surface area (Å²) in [5, 5.41) is 9.80. The predicted molar refractivity (Wildman–Crippen MR) is 81.2 cm³/mol. The molecule has 1 saturated heterocycles. The van der Waals surface area contributed by atoms with Crippen molar-refractivity contribution >= 4 is 12.4 Å². The first-order valence-electron chi connectivity index (χ1n) is 7.09. The zero-order valence-corrected chi connectivity index (χ0v) is 12.8. The number of phenols is 1. The van der Waals surface area contributed by atoms with E-state index in [0.29, 0.717) is 17.7 Å². The van der Waals surface area contributed by atoms with Crippen molar-refractivity contribution in [3.63, 3.8) is 0 Å². The molecule has 1 unspecified atom stereocenters. The molecule has 0 saturated carbocycles. The summed E-state index contributed by atoms with van der Waals surface area (Å²) in [6.45, 7) is 5.88. The first kappa shape index (κ1) is 14.7. The lowest BCUT2D eigenvalue weighted by Gasteiger charge is -2.54. The van der Waals surface area contributed by atoms with Crippen molar-refractivity contribution in [1.29, 1.82) is 0 Å². The molecule has 106 valence electrons. The Morgan fingerprint density at radius 1 is 1.42 bits per heavy atom. The third-order valence-electron chi connectivity index (χ3n) is 5.41. The highest BCUT2D eigenvalue weighted by atomic mass is 35.5. The lowest BCUT2D eigenvalue weighted by atomic mass is 9.57. The van der Waals surface area contributed by atoms with Gasteiger partial charge in [0.1, 0.15) is 5.75 Å². The van der Waals surface area contributed by atoms with Gasteiger partial charge in [-0.2, -0.15) is 0 Å². The van der Waals surface area contributed by atoms with Crippen LogP contribution in [0, 0.1) is 5.92 Å². The molecule has 0 amide bonds. The minimum Gasteiger partial charge on any atom is -0.508 e. The Morgan fingerprint density at radius 3 is 2.84 bits per heavy atom. The van der Waals surface area contributed by atoms with Crippen molar-refractivity contribution in [2.24, 2.45) is 5.92 Å². The van der Waals surface area contributed by atoms with Crippen molar-refractivity contribution in [2.75, 3.05) is 13.6 Å². The number of hydrogen-bond acceptors (Lipinski definition) is 2. The minimum absolute atomic E-state index is 0. The molecule has 1 fully saturated rings. The van der Waals surface area contributed by atoms with E-state index >= 15 is 0 Å². The molecule has 1 heterocycles. The highest BCUT2D eigenvalue weighted by Crippen LogP contribution is 2.50. The van der Waals surface area contributed by atoms with Crippen molar-refractivity contribution in [3.05, 3.63) is 29.3 Å². The van der Waals surface area contributed by atoms with Crippen LogP contribution in [0.4, 0.5) is 0 Å². The Balaban J connectivity index is 0.00000133. The number of likely N-dealkylation sites (tertiary alicyclic amines) is 1. The van der Waals surface area contributed by atoms with Gasteiger partial charge in [-0.1, -0.05) is 26.3 Å². The number of fused-ring (bicyclic) bond motifs is 4. The molecule has 3 atom stereocenters. The number of halogens is 1. The summed E-state index contributed by atoms with van der Waals surface area (Å²) in [6, 6.07) is 6.65. The molecule has 1 N–H and O–H groups in total. The van der Waals surface area contributed by atoms with Gasteiger partial charge in [0.05, 0.1) is 0 Å². The van der Waals surface area contributed by atoms with E-state index in [4.69, 9.17) is 0 Å². The van der Waals surface area contributed by atoms with E-state index in [2.05, 4.69) is 31.9 Å². The van der Waals surface area contributed by atoms with Crippen molar-refractivity contribution in [2.45, 2.75) is 44.6 Å². The number of likely N-dealkylation sites (N-methyl/N-ethyl adjacent to an activating group) is 1. The maximum Gasteiger partial charge on any atom is 0.115 e. The monoisotopic (exact) mass is 281 g/mol. The van der Waals surface area contributed by atoms with Crippen LogP contribution in [0.5, 0.6) is 5.75 Å². The number of aromatic hydroxyl groups is 1. The van der Waals surface area contributed by atoms with Gasteiger partial charge in [0.15, 0.2) is 0 Å². The van der Waals surface area contributed by atoms with Gasteiger partial charge in [0.2, 0.25) is 0 Å². The second-order valence-corrected chi connectivity index (χ2v) is 6.28. The SMILES string of the molecule is CCC1[C@@H]2Cc3ccc(O)cc3[C@@]1(C)CCN2C.Cl. The number of phenolic OH excluding ortho intramolecular Hbond substituents is 1. The van der Waals surface area contributed by atoms with Gasteiger partial charge in [-0.3, -0.25) is 0 Å². The van der Waals surface area contributed by atoms with E-state index in [0.717, 1.165) is 6.42 Å². The Hall–Kier alpha value is -0.730. The van der Waals surface area contributed by atoms with E-state index < -0.39 is 0 Å². The summed E-state index contributed by atoms with van der Waals surface area (Å²) in [5.74, 6) is 1.13. The Kier molecular flexibility index (Phi) is 3.85. The van der Waals surface area contributed by atoms with E-state index in [-0.39, 0.29) is 17.8 Å². The molecule has 0 spiro atoms. The molecule has 2 nitrogen and oxygen atoms in total. The smallest absolute Gasteiger partial charge is 0.115 e. The van der Waals surface area contributed by atoms with Gasteiger partial charge in [0.25, 0.3) is 0 Å². The molecule has 0 radical (unpaired) electrons. The average molecular weight is 282 g/mol. The summed E-state index contributed by atoms with van der Waals surface area (Å²) < 4.78 is 0. The molecule has 2 aliphatic rings. The van der Waals surface area contributed by atoms with E-state index in [9.17, 15) is 5.11 Å². The molecule has 1 aliphatic heterocycles. The maximum atomic E-state index is 9.80. The quantitative estimate of drug-likeness (QED) is 0.853. The topological polar surface area (TPSA) is 23.5 Å². The molecule has 0 aromatic heterocycles. The van der Waals surface area contributed by atoms with Crippen LogP contribution < -0.4 is 0 Å². The van der Waals surface area contributed by atoms with Crippen LogP contribution in [0.25, 0.3) is 0 Å². The standard InChI is InChI=1S/C16H23NO.ClH/c1-4-13-15-9-11-5-6-12(18)10-14(11)16(13,2)7-8-17(15)3;/h5-6,10,13,15,18H,4,7-9H2,1-3H3;1H/t13?,15-,16-;/m0./s1. The fraction of sp³-hybridized carbons (Fsp3) is 0.625. The summed E-state index contributed by atoms with van der Waals surface area (Å²) in [5.41, 5.74) is 3.09. The zero-order chi connectivity index (χ0) is 12.9. The highest BCUT2D eigenvalue weighted by Gasteiger charge is 2.48. The number of nitrogens with zero attached hydrogens (tertiary/aromatic N) is 1. The van der Waals surface area contributed by atoms with Crippen molar-refractivity contribution in [3.8, 4) is 5.75 Å². The predicted octanol–water partition coefficient (Wildman–Crippen LogP) is 3.36. The lowest BCUT2D eigenvalue weighted by Crippen LogP contribution is -2.57. The van der Waals surface area contributed by atoms with E-state index in [1.807, 2.05) is 12.1 Å². The second kappa shape index (κ2) is 4.99. The van der Waals surface area contributed by atoms with Gasteiger partial charge in [-0.15, -0.1) is 12.4 Å². The first-order chi connectivity index (χ1) is 8.56. The molecule has 2 bridgehead atoms. The Morgan fingerprint density at radius 2 is 2.16 bits per heavy atom. The third kappa shape index (κ3) is 2.05. The number of piperidine rings is 1. The van der Waals surface area contributed by atoms with Gasteiger partial charge in [0, 0.05) is 6.04 Å². The molecule has 3 heteroatoms. The first-order valence-corrected chi connectivity index (χ1v) is 7.09. The van der Waals surface area contributed by atoms with E-state index in [1.54, 1.807) is 0 Å². The number of hydrogen-bond donors (Lipinski definition) is 1. The van der Waals surface area contributed by atoms with Crippen LogP contribution in [0.1, 0.15) is 37.8 Å². The van der Waals surface area contributed by atoms with Crippen LogP contribution >= 0.6 is 12.4 Å². The summed E-state index contributed by atoms with van der Waals surface area (Å²) in [6.07, 6.45) is 3.57. The van der Waals surface area contributed by atoms with Gasteiger partial charge in [-0.05, 0) is 61.0 Å². The molecular weight excluding hydrogens is 258 g/mol. The molecule has 1 aromatic rings. The Bertz CT molecular complexity index is 476. The van der Waals surface area contributed by atoms with Crippen LogP contribution in [0.3, 0.4) is 0 Å². The third-order valence-corrected chi connectivity index (χ3v) is 5.41. The molecule has 1 aromatic carbocycles. The van der Waals surface area contributed by atoms with Gasteiger partial charge >= 0.3 is 0 Å². The molecule has 19 heavy (non-hydrogen) atoms. The fourth-order valence-electron chi connectivity index (χ4n) is 4.35. The lowest BCUT2D eigenvalue weighted by molar-refractivity contribution is 0.0376. The van der Waals surface area contributed by atoms with Gasteiger partial charge < -0.3 is 10.0 Å². The fourth-order valence-corrected chi connectivity index (χ4v) is 4.35. The summed E-state index contributed by atoms with van der Waals surface area (Å²) in [7, 11) is 2.26. The van der Waals surface area contributed by atoms with Crippen LogP contribution in [-0.2, 0) is 11.8 Å².